The van der Waals surface area contributed by atoms with Gasteiger partial charge in [-0.2, -0.15) is 5.10 Å². The molecule has 0 spiro atoms. The van der Waals surface area contributed by atoms with Crippen molar-refractivity contribution in [3.63, 3.8) is 0 Å². The summed E-state index contributed by atoms with van der Waals surface area (Å²) in [6, 6.07) is 8.04. The minimum Gasteiger partial charge on any atom is -0.294 e. The van der Waals surface area contributed by atoms with Crippen LogP contribution in [-0.4, -0.2) is 17.0 Å². The van der Waals surface area contributed by atoms with E-state index in [2.05, 4.69) is 15.5 Å². The average Bonchev–Trinajstić information content (AvgIpc) is 2.71. The molecule has 0 aliphatic heterocycles. The molecule has 0 saturated carbocycles. The second-order valence-corrected chi connectivity index (χ2v) is 5.27. The van der Waals surface area contributed by atoms with Gasteiger partial charge in [0.2, 0.25) is 5.13 Å². The molecular formula is C14H15N3OS. The van der Waals surface area contributed by atoms with Crippen molar-refractivity contribution in [1.29, 1.82) is 0 Å². The summed E-state index contributed by atoms with van der Waals surface area (Å²) >= 11 is 1.32. The van der Waals surface area contributed by atoms with E-state index in [1.807, 2.05) is 38.1 Å². The highest BCUT2D eigenvalue weighted by atomic mass is 32.1. The van der Waals surface area contributed by atoms with Crippen LogP contribution in [0.2, 0.25) is 0 Å². The molecule has 0 fully saturated rings. The molecule has 19 heavy (non-hydrogen) atoms. The lowest BCUT2D eigenvalue weighted by atomic mass is 10.2. The number of hydrazone groups is 1. The van der Waals surface area contributed by atoms with Crippen LogP contribution in [0.1, 0.15) is 33.4 Å². The summed E-state index contributed by atoms with van der Waals surface area (Å²) in [4.78, 5) is 16.2. The van der Waals surface area contributed by atoms with E-state index in [1.54, 1.807) is 13.1 Å². The number of anilines is 1. The van der Waals surface area contributed by atoms with Crippen molar-refractivity contribution in [2.75, 3.05) is 5.43 Å². The Kier molecular flexibility index (Phi) is 4.06. The van der Waals surface area contributed by atoms with E-state index in [-0.39, 0.29) is 5.78 Å². The average molecular weight is 273 g/mol. The number of nitrogens with zero attached hydrogens (tertiary/aromatic N) is 2. The van der Waals surface area contributed by atoms with E-state index in [0.29, 0.717) is 10.0 Å². The van der Waals surface area contributed by atoms with Crippen molar-refractivity contribution in [1.82, 2.24) is 4.98 Å². The topological polar surface area (TPSA) is 54.4 Å². The maximum Gasteiger partial charge on any atom is 0.204 e. The predicted molar refractivity (Wildman–Crippen MR) is 79.3 cm³/mol. The van der Waals surface area contributed by atoms with Crippen LogP contribution in [0.25, 0.3) is 0 Å². The van der Waals surface area contributed by atoms with E-state index in [0.717, 1.165) is 11.3 Å². The van der Waals surface area contributed by atoms with Crippen LogP contribution in [0, 0.1) is 13.8 Å². The summed E-state index contributed by atoms with van der Waals surface area (Å²) in [6.07, 6.45) is 1.73. The third-order valence-electron chi connectivity index (χ3n) is 2.53. The molecule has 1 aromatic carbocycles. The minimum atomic E-state index is 0.0331. The number of hydrogen-bond donors (Lipinski definition) is 1. The van der Waals surface area contributed by atoms with Crippen LogP contribution in [0.3, 0.4) is 0 Å². The molecule has 0 radical (unpaired) electrons. The number of rotatable bonds is 4. The molecule has 1 heterocycles. The summed E-state index contributed by atoms with van der Waals surface area (Å²) in [6.45, 7) is 5.40. The lowest BCUT2D eigenvalue weighted by molar-refractivity contribution is 0.102. The highest BCUT2D eigenvalue weighted by Crippen LogP contribution is 2.22. The lowest BCUT2D eigenvalue weighted by Gasteiger charge is -1.95. The number of aryl methyl sites for hydroxylation is 2. The number of carbonyl (C=O) groups is 1. The van der Waals surface area contributed by atoms with Gasteiger partial charge in [0, 0.05) is 6.92 Å². The van der Waals surface area contributed by atoms with Crippen LogP contribution in [-0.2, 0) is 0 Å². The molecule has 1 aromatic heterocycles. The second kappa shape index (κ2) is 5.75. The number of hydrogen-bond acceptors (Lipinski definition) is 5. The molecule has 98 valence electrons. The molecule has 0 bridgehead atoms. The highest BCUT2D eigenvalue weighted by molar-refractivity contribution is 7.17. The molecule has 0 aliphatic carbocycles. The van der Waals surface area contributed by atoms with Crippen LogP contribution >= 0.6 is 11.3 Å². The molecule has 2 rings (SSSR count). The summed E-state index contributed by atoms with van der Waals surface area (Å²) in [5.41, 5.74) is 5.80. The number of Topliss-reactive ketones (excluding diaryl/α,β-unsaturated/α-hetero) is 1. The number of benzene rings is 1. The van der Waals surface area contributed by atoms with Crippen molar-refractivity contribution in [3.8, 4) is 0 Å². The van der Waals surface area contributed by atoms with Gasteiger partial charge in [0.15, 0.2) is 5.78 Å². The normalized spacial score (nSPS) is 10.9. The van der Waals surface area contributed by atoms with E-state index in [4.69, 9.17) is 0 Å². The van der Waals surface area contributed by atoms with Crippen molar-refractivity contribution < 1.29 is 4.79 Å². The molecule has 0 saturated heterocycles. The van der Waals surface area contributed by atoms with E-state index in [9.17, 15) is 4.79 Å². The van der Waals surface area contributed by atoms with E-state index >= 15 is 0 Å². The molecule has 5 heteroatoms. The maximum absolute atomic E-state index is 11.3. The fraction of sp³-hybridized carbons (Fsp3) is 0.214. The number of thiazole rings is 1. The highest BCUT2D eigenvalue weighted by Gasteiger charge is 2.10. The van der Waals surface area contributed by atoms with Gasteiger partial charge in [0.25, 0.3) is 0 Å². The molecule has 1 N–H and O–H groups in total. The van der Waals surface area contributed by atoms with Crippen molar-refractivity contribution >= 4 is 28.5 Å². The molecular weight excluding hydrogens is 258 g/mol. The van der Waals surface area contributed by atoms with Gasteiger partial charge in [-0.15, -0.1) is 0 Å². The standard InChI is InChI=1S/C14H15N3OS/c1-9-5-4-6-12(7-9)8-15-17-14-16-10(2)13(19-14)11(3)18/h4-8H,1-3H3,(H,16,17)/b15-8-. The molecule has 0 aliphatic rings. The van der Waals surface area contributed by atoms with Gasteiger partial charge in [-0.3, -0.25) is 10.2 Å². The Labute approximate surface area is 116 Å². The molecule has 0 unspecified atom stereocenters. The van der Waals surface area contributed by atoms with Gasteiger partial charge in [0.05, 0.1) is 16.8 Å². The van der Waals surface area contributed by atoms with Gasteiger partial charge in [-0.05, 0) is 19.4 Å². The molecule has 2 aromatic rings. The zero-order chi connectivity index (χ0) is 13.8. The Morgan fingerprint density at radius 2 is 2.21 bits per heavy atom. The van der Waals surface area contributed by atoms with Crippen LogP contribution in [0.4, 0.5) is 5.13 Å². The van der Waals surface area contributed by atoms with Crippen molar-refractivity contribution in [3.05, 3.63) is 46.0 Å². The Hall–Kier alpha value is -2.01. The van der Waals surface area contributed by atoms with Crippen LogP contribution < -0.4 is 5.43 Å². The number of carbonyl (C=O) groups excluding carboxylic acids is 1. The van der Waals surface area contributed by atoms with Gasteiger partial charge in [-0.1, -0.05) is 41.2 Å². The fourth-order valence-corrected chi connectivity index (χ4v) is 2.49. The first-order chi connectivity index (χ1) is 9.06. The Balaban J connectivity index is 2.06. The summed E-state index contributed by atoms with van der Waals surface area (Å²) in [5.74, 6) is 0.0331. The molecule has 4 nitrogen and oxygen atoms in total. The quantitative estimate of drug-likeness (QED) is 0.527. The van der Waals surface area contributed by atoms with Crippen LogP contribution in [0.5, 0.6) is 0 Å². The van der Waals surface area contributed by atoms with Crippen molar-refractivity contribution in [2.24, 2.45) is 5.10 Å². The number of nitrogens with one attached hydrogen (secondary N) is 1. The van der Waals surface area contributed by atoms with E-state index in [1.165, 1.54) is 16.9 Å². The van der Waals surface area contributed by atoms with Gasteiger partial charge in [-0.25, -0.2) is 4.98 Å². The fourth-order valence-electron chi connectivity index (χ4n) is 1.68. The Bertz CT molecular complexity index is 631. The van der Waals surface area contributed by atoms with Crippen LogP contribution in [0.15, 0.2) is 29.4 Å². The maximum atomic E-state index is 11.3. The molecule has 0 amide bonds. The Morgan fingerprint density at radius 1 is 1.42 bits per heavy atom. The first-order valence-corrected chi connectivity index (χ1v) is 6.72. The Morgan fingerprint density at radius 3 is 2.84 bits per heavy atom. The lowest BCUT2D eigenvalue weighted by Crippen LogP contribution is -1.90. The summed E-state index contributed by atoms with van der Waals surface area (Å²) < 4.78 is 0. The smallest absolute Gasteiger partial charge is 0.204 e. The summed E-state index contributed by atoms with van der Waals surface area (Å²) in [5, 5.41) is 4.76. The first kappa shape index (κ1) is 13.4. The molecule has 0 atom stereocenters. The first-order valence-electron chi connectivity index (χ1n) is 5.90. The summed E-state index contributed by atoms with van der Waals surface area (Å²) in [7, 11) is 0. The van der Waals surface area contributed by atoms with Crippen molar-refractivity contribution in [2.45, 2.75) is 20.8 Å². The zero-order valence-electron chi connectivity index (χ0n) is 11.1. The van der Waals surface area contributed by atoms with Gasteiger partial charge in [0.1, 0.15) is 0 Å². The monoisotopic (exact) mass is 273 g/mol. The number of aromatic nitrogens is 1. The third kappa shape index (κ3) is 3.48. The zero-order valence-corrected chi connectivity index (χ0v) is 11.9. The third-order valence-corrected chi connectivity index (χ3v) is 3.70. The largest absolute Gasteiger partial charge is 0.294 e. The SMILES string of the molecule is CC(=O)c1sc(N/N=C\c2cccc(C)c2)nc1C. The number of ketones is 1. The van der Waals surface area contributed by atoms with E-state index < -0.39 is 0 Å². The minimum absolute atomic E-state index is 0.0331. The second-order valence-electron chi connectivity index (χ2n) is 4.27. The predicted octanol–water partition coefficient (Wildman–Crippen LogP) is 3.41. The van der Waals surface area contributed by atoms with Gasteiger partial charge >= 0.3 is 0 Å². The van der Waals surface area contributed by atoms with Gasteiger partial charge < -0.3 is 0 Å².